The Morgan fingerprint density at radius 3 is 2.52 bits per heavy atom. The number of sulfonamides is 1. The Morgan fingerprint density at radius 1 is 1.13 bits per heavy atom. The summed E-state index contributed by atoms with van der Waals surface area (Å²) in [6.45, 7) is -3.93. The van der Waals surface area contributed by atoms with E-state index in [0.717, 1.165) is 0 Å². The van der Waals surface area contributed by atoms with Crippen molar-refractivity contribution in [1.82, 2.24) is 9.62 Å². The molecule has 0 atom stereocenters. The minimum Gasteiger partial charge on any atom is -0.434 e. The van der Waals surface area contributed by atoms with Crippen LogP contribution in [0.1, 0.15) is 16.7 Å². The van der Waals surface area contributed by atoms with Crippen molar-refractivity contribution in [3.8, 4) is 5.75 Å². The topological polar surface area (TPSA) is 75.7 Å². The summed E-state index contributed by atoms with van der Waals surface area (Å²) in [6, 6.07) is 9.63. The number of fused-ring (bicyclic) bond motifs is 1. The van der Waals surface area contributed by atoms with Crippen LogP contribution in [0.3, 0.4) is 0 Å². The minimum atomic E-state index is -5.02. The molecule has 1 aliphatic heterocycles. The SMILES string of the molecule is O=C(N1CCc2ccc(S(=O)(=O)NCc3ccccc3OC(F)F)cc2C1)C(F)(F)F. The lowest BCUT2D eigenvalue weighted by molar-refractivity contribution is -0.186. The lowest BCUT2D eigenvalue weighted by Crippen LogP contribution is -2.43. The fourth-order valence-corrected chi connectivity index (χ4v) is 4.23. The van der Waals surface area contributed by atoms with E-state index in [2.05, 4.69) is 9.46 Å². The number of alkyl halides is 5. The third kappa shape index (κ3) is 5.50. The lowest BCUT2D eigenvalue weighted by atomic mass is 10.00. The molecule has 168 valence electrons. The molecule has 0 aliphatic carbocycles. The summed E-state index contributed by atoms with van der Waals surface area (Å²) in [5.41, 5.74) is 1.10. The molecule has 0 saturated carbocycles. The zero-order valence-corrected chi connectivity index (χ0v) is 16.6. The zero-order chi connectivity index (χ0) is 22.8. The maximum atomic E-state index is 12.7. The first kappa shape index (κ1) is 22.9. The van der Waals surface area contributed by atoms with Crippen molar-refractivity contribution in [3.63, 3.8) is 0 Å². The molecule has 0 fully saturated rings. The van der Waals surface area contributed by atoms with Gasteiger partial charge in [-0.15, -0.1) is 0 Å². The zero-order valence-electron chi connectivity index (χ0n) is 15.8. The molecule has 6 nitrogen and oxygen atoms in total. The molecule has 0 unspecified atom stereocenters. The maximum Gasteiger partial charge on any atom is 0.471 e. The quantitative estimate of drug-likeness (QED) is 0.667. The second kappa shape index (κ2) is 8.79. The van der Waals surface area contributed by atoms with Crippen molar-refractivity contribution >= 4 is 15.9 Å². The van der Waals surface area contributed by atoms with E-state index in [1.807, 2.05) is 0 Å². The highest BCUT2D eigenvalue weighted by molar-refractivity contribution is 7.89. The summed E-state index contributed by atoms with van der Waals surface area (Å²) >= 11 is 0. The third-order valence-corrected chi connectivity index (χ3v) is 6.07. The fourth-order valence-electron chi connectivity index (χ4n) is 3.17. The number of carbonyl (C=O) groups is 1. The Hall–Kier alpha value is -2.73. The van der Waals surface area contributed by atoms with Gasteiger partial charge in [0.05, 0.1) is 4.90 Å². The molecule has 1 heterocycles. The third-order valence-electron chi connectivity index (χ3n) is 4.67. The second-order valence-corrected chi connectivity index (χ2v) is 8.48. The molecule has 0 aromatic heterocycles. The molecule has 1 amide bonds. The van der Waals surface area contributed by atoms with Crippen molar-refractivity contribution in [2.24, 2.45) is 0 Å². The Morgan fingerprint density at radius 2 is 1.84 bits per heavy atom. The number of benzene rings is 2. The Labute approximate surface area is 174 Å². The number of halogens is 5. The van der Waals surface area contributed by atoms with Crippen LogP contribution in [0, 0.1) is 0 Å². The van der Waals surface area contributed by atoms with Gasteiger partial charge in [0.1, 0.15) is 5.75 Å². The van der Waals surface area contributed by atoms with E-state index in [1.165, 1.54) is 42.5 Å². The average Bonchev–Trinajstić information content (AvgIpc) is 2.70. The first-order valence-electron chi connectivity index (χ1n) is 8.97. The first-order valence-corrected chi connectivity index (χ1v) is 10.5. The number of amides is 1. The summed E-state index contributed by atoms with van der Waals surface area (Å²) < 4.78 is 95.0. The van der Waals surface area contributed by atoms with Gasteiger partial charge < -0.3 is 9.64 Å². The number of carbonyl (C=O) groups excluding carboxylic acids is 1. The molecule has 2 aromatic rings. The van der Waals surface area contributed by atoms with Crippen LogP contribution in [-0.4, -0.2) is 38.6 Å². The first-order chi connectivity index (χ1) is 14.5. The number of ether oxygens (including phenoxy) is 1. The molecule has 3 rings (SSSR count). The van der Waals surface area contributed by atoms with Crippen LogP contribution in [0.4, 0.5) is 22.0 Å². The van der Waals surface area contributed by atoms with Gasteiger partial charge in [0, 0.05) is 25.2 Å². The molecule has 1 N–H and O–H groups in total. The standard InChI is InChI=1S/C19H17F5N2O4S/c20-18(21)30-16-4-2-1-3-13(16)10-25-31(28,29)15-6-5-12-7-8-26(11-14(12)9-15)17(27)19(22,23)24/h1-6,9,18,25H,7-8,10-11H2. The lowest BCUT2D eigenvalue weighted by Gasteiger charge is -2.29. The van der Waals surface area contributed by atoms with Crippen molar-refractivity contribution in [2.45, 2.75) is 37.2 Å². The number of hydrogen-bond donors (Lipinski definition) is 1. The molecule has 31 heavy (non-hydrogen) atoms. The molecule has 0 saturated heterocycles. The minimum absolute atomic E-state index is 0.128. The highest BCUT2D eigenvalue weighted by Gasteiger charge is 2.43. The van der Waals surface area contributed by atoms with Crippen LogP contribution < -0.4 is 9.46 Å². The number of para-hydroxylation sites is 1. The monoisotopic (exact) mass is 464 g/mol. The van der Waals surface area contributed by atoms with Crippen LogP contribution in [0.25, 0.3) is 0 Å². The van der Waals surface area contributed by atoms with Gasteiger partial charge in [-0.3, -0.25) is 4.79 Å². The number of hydrogen-bond acceptors (Lipinski definition) is 4. The maximum absolute atomic E-state index is 12.7. The van der Waals surface area contributed by atoms with Gasteiger partial charge in [0.2, 0.25) is 10.0 Å². The smallest absolute Gasteiger partial charge is 0.434 e. The van der Waals surface area contributed by atoms with Crippen LogP contribution in [0.5, 0.6) is 5.75 Å². The largest absolute Gasteiger partial charge is 0.471 e. The number of nitrogens with zero attached hydrogens (tertiary/aromatic N) is 1. The number of nitrogens with one attached hydrogen (secondary N) is 1. The van der Waals surface area contributed by atoms with Crippen molar-refractivity contribution in [1.29, 1.82) is 0 Å². The van der Waals surface area contributed by atoms with Crippen molar-refractivity contribution in [3.05, 3.63) is 59.2 Å². The average molecular weight is 464 g/mol. The van der Waals surface area contributed by atoms with Gasteiger partial charge in [-0.05, 0) is 35.7 Å². The fraction of sp³-hybridized carbons (Fsp3) is 0.316. The van der Waals surface area contributed by atoms with Crippen LogP contribution in [0.15, 0.2) is 47.4 Å². The van der Waals surface area contributed by atoms with E-state index in [9.17, 15) is 35.2 Å². The summed E-state index contributed by atoms with van der Waals surface area (Å²) in [6.07, 6.45) is -4.86. The van der Waals surface area contributed by atoms with Gasteiger partial charge in [-0.1, -0.05) is 24.3 Å². The van der Waals surface area contributed by atoms with Crippen LogP contribution in [0.2, 0.25) is 0 Å². The van der Waals surface area contributed by atoms with Gasteiger partial charge >= 0.3 is 18.7 Å². The van der Waals surface area contributed by atoms with Crippen molar-refractivity contribution < 1.29 is 39.9 Å². The summed E-state index contributed by atoms with van der Waals surface area (Å²) in [5.74, 6) is -2.17. The van der Waals surface area contributed by atoms with Gasteiger partial charge in [0.25, 0.3) is 0 Å². The molecular formula is C19H17F5N2O4S. The molecule has 0 spiro atoms. The highest BCUT2D eigenvalue weighted by Crippen LogP contribution is 2.27. The van der Waals surface area contributed by atoms with Crippen LogP contribution in [-0.2, 0) is 34.3 Å². The van der Waals surface area contributed by atoms with E-state index >= 15 is 0 Å². The Kier molecular flexibility index (Phi) is 6.51. The van der Waals surface area contributed by atoms with E-state index in [4.69, 9.17) is 0 Å². The van der Waals surface area contributed by atoms with E-state index in [1.54, 1.807) is 0 Å². The molecule has 0 bridgehead atoms. The number of rotatable bonds is 6. The Bertz CT molecular complexity index is 1070. The second-order valence-electron chi connectivity index (χ2n) is 6.72. The van der Waals surface area contributed by atoms with E-state index < -0.39 is 28.7 Å². The predicted molar refractivity (Wildman–Crippen MR) is 98.7 cm³/mol. The van der Waals surface area contributed by atoms with E-state index in [0.29, 0.717) is 10.5 Å². The molecule has 2 aromatic carbocycles. The van der Waals surface area contributed by atoms with Gasteiger partial charge in [-0.2, -0.15) is 22.0 Å². The van der Waals surface area contributed by atoms with Gasteiger partial charge in [0.15, 0.2) is 0 Å². The molecule has 12 heteroatoms. The molecular weight excluding hydrogens is 447 g/mol. The van der Waals surface area contributed by atoms with Crippen molar-refractivity contribution in [2.75, 3.05) is 6.54 Å². The highest BCUT2D eigenvalue weighted by atomic mass is 32.2. The Balaban J connectivity index is 1.77. The molecule has 0 radical (unpaired) electrons. The summed E-state index contributed by atoms with van der Waals surface area (Å²) in [7, 11) is -4.12. The summed E-state index contributed by atoms with van der Waals surface area (Å²) in [5, 5.41) is 0. The predicted octanol–water partition coefficient (Wildman–Crippen LogP) is 3.21. The summed E-state index contributed by atoms with van der Waals surface area (Å²) in [4.78, 5) is 11.9. The van der Waals surface area contributed by atoms with Crippen LogP contribution >= 0.6 is 0 Å². The van der Waals surface area contributed by atoms with Gasteiger partial charge in [-0.25, -0.2) is 13.1 Å². The normalized spacial score (nSPS) is 14.5. The molecule has 1 aliphatic rings. The van der Waals surface area contributed by atoms with E-state index in [-0.39, 0.29) is 47.8 Å².